The van der Waals surface area contributed by atoms with E-state index >= 15 is 0 Å². The largest absolute Gasteiger partial charge is 0.349 e. The maximum atomic E-state index is 13.1. The van der Waals surface area contributed by atoms with Gasteiger partial charge in [0.05, 0.1) is 11.5 Å². The standard InChI is InChI=1S/C27H41N3O2.ClH/c1-21(2)20-30-19-15-27(26(30)32)13-17-29(18-14-27)16-12-24(22-8-4-3-5-9-22)28-25(31)23-10-6-7-11-23;/h3-5,8-9,21,23-24H,6-7,10-20H2,1-2H3,(H,28,31);1H/t24-;/m0./s1. The average molecular weight is 476 g/mol. The molecule has 2 saturated heterocycles. The van der Waals surface area contributed by atoms with Gasteiger partial charge < -0.3 is 15.1 Å². The van der Waals surface area contributed by atoms with Crippen molar-refractivity contribution >= 4 is 24.2 Å². The average Bonchev–Trinajstić information content (AvgIpc) is 3.44. The first-order chi connectivity index (χ1) is 15.5. The number of rotatable bonds is 8. The van der Waals surface area contributed by atoms with Crippen LogP contribution in [0.5, 0.6) is 0 Å². The van der Waals surface area contributed by atoms with Crippen molar-refractivity contribution in [3.8, 4) is 0 Å². The number of halogens is 1. The van der Waals surface area contributed by atoms with Gasteiger partial charge in [-0.2, -0.15) is 0 Å². The van der Waals surface area contributed by atoms with E-state index in [0.717, 1.165) is 71.2 Å². The first-order valence-corrected chi connectivity index (χ1v) is 12.8. The maximum absolute atomic E-state index is 13.1. The van der Waals surface area contributed by atoms with Gasteiger partial charge in [0.15, 0.2) is 0 Å². The fourth-order valence-electron chi connectivity index (χ4n) is 5.97. The maximum Gasteiger partial charge on any atom is 0.228 e. The molecule has 2 aliphatic heterocycles. The van der Waals surface area contributed by atoms with Crippen molar-refractivity contribution in [2.45, 2.75) is 71.3 Å². The lowest BCUT2D eigenvalue weighted by Crippen LogP contribution is -2.45. The Labute approximate surface area is 206 Å². The second-order valence-corrected chi connectivity index (χ2v) is 10.8. The van der Waals surface area contributed by atoms with E-state index in [2.05, 4.69) is 53.2 Å². The van der Waals surface area contributed by atoms with E-state index in [1.54, 1.807) is 0 Å². The summed E-state index contributed by atoms with van der Waals surface area (Å²) < 4.78 is 0. The van der Waals surface area contributed by atoms with Gasteiger partial charge in [-0.15, -0.1) is 12.4 Å². The Morgan fingerprint density at radius 3 is 2.33 bits per heavy atom. The van der Waals surface area contributed by atoms with Crippen LogP contribution in [-0.4, -0.2) is 54.3 Å². The smallest absolute Gasteiger partial charge is 0.228 e. The van der Waals surface area contributed by atoms with Crippen molar-refractivity contribution in [1.82, 2.24) is 15.1 Å². The number of piperidine rings is 1. The Morgan fingerprint density at radius 1 is 1.06 bits per heavy atom. The molecule has 2 heterocycles. The Kier molecular flexibility index (Phi) is 9.23. The molecule has 6 heteroatoms. The molecular formula is C27H42ClN3O2. The highest BCUT2D eigenvalue weighted by Gasteiger charge is 2.47. The summed E-state index contributed by atoms with van der Waals surface area (Å²) in [6, 6.07) is 10.5. The molecule has 1 atom stereocenters. The Balaban J connectivity index is 0.00000306. The molecule has 0 unspecified atom stereocenters. The third-order valence-corrected chi connectivity index (χ3v) is 7.98. The molecule has 0 radical (unpaired) electrons. The molecule has 3 aliphatic rings. The minimum absolute atomic E-state index is 0. The molecule has 0 bridgehead atoms. The minimum Gasteiger partial charge on any atom is -0.349 e. The summed E-state index contributed by atoms with van der Waals surface area (Å²) in [7, 11) is 0. The highest BCUT2D eigenvalue weighted by Crippen LogP contribution is 2.42. The lowest BCUT2D eigenvalue weighted by Gasteiger charge is -2.38. The topological polar surface area (TPSA) is 52.6 Å². The summed E-state index contributed by atoms with van der Waals surface area (Å²) in [5.74, 6) is 1.36. The van der Waals surface area contributed by atoms with Gasteiger partial charge in [-0.3, -0.25) is 9.59 Å². The van der Waals surface area contributed by atoms with Crippen LogP contribution < -0.4 is 5.32 Å². The fraction of sp³-hybridized carbons (Fsp3) is 0.704. The number of amides is 2. The second-order valence-electron chi connectivity index (χ2n) is 10.8. The summed E-state index contributed by atoms with van der Waals surface area (Å²) in [6.45, 7) is 9.14. The third-order valence-electron chi connectivity index (χ3n) is 7.98. The molecule has 1 saturated carbocycles. The van der Waals surface area contributed by atoms with Gasteiger partial charge in [-0.05, 0) is 63.1 Å². The van der Waals surface area contributed by atoms with E-state index in [9.17, 15) is 9.59 Å². The van der Waals surface area contributed by atoms with Gasteiger partial charge in [0, 0.05) is 25.6 Å². The first-order valence-electron chi connectivity index (χ1n) is 12.8. The summed E-state index contributed by atoms with van der Waals surface area (Å²) >= 11 is 0. The number of carbonyl (C=O) groups is 2. The molecule has 33 heavy (non-hydrogen) atoms. The van der Waals surface area contributed by atoms with Crippen molar-refractivity contribution in [3.63, 3.8) is 0 Å². The van der Waals surface area contributed by atoms with E-state index in [-0.39, 0.29) is 35.7 Å². The molecule has 184 valence electrons. The van der Waals surface area contributed by atoms with Crippen molar-refractivity contribution in [1.29, 1.82) is 0 Å². The fourth-order valence-corrected chi connectivity index (χ4v) is 5.97. The van der Waals surface area contributed by atoms with Crippen LogP contribution in [0.1, 0.15) is 76.8 Å². The van der Waals surface area contributed by atoms with E-state index in [4.69, 9.17) is 0 Å². The molecule has 1 aromatic rings. The number of nitrogens with one attached hydrogen (secondary N) is 1. The first kappa shape index (κ1) is 26.0. The molecule has 1 aromatic carbocycles. The van der Waals surface area contributed by atoms with Crippen molar-refractivity contribution < 1.29 is 9.59 Å². The molecular weight excluding hydrogens is 434 g/mol. The van der Waals surface area contributed by atoms with Crippen LogP contribution in [0.2, 0.25) is 0 Å². The van der Waals surface area contributed by atoms with Crippen molar-refractivity contribution in [2.75, 3.05) is 32.7 Å². The van der Waals surface area contributed by atoms with Crippen LogP contribution in [0.4, 0.5) is 0 Å². The second kappa shape index (κ2) is 11.7. The summed E-state index contributed by atoms with van der Waals surface area (Å²) in [5, 5.41) is 3.37. The number of nitrogens with zero attached hydrogens (tertiary/aromatic N) is 2. The van der Waals surface area contributed by atoms with E-state index in [1.165, 1.54) is 18.4 Å². The molecule has 0 aromatic heterocycles. The van der Waals surface area contributed by atoms with Crippen molar-refractivity contribution in [2.24, 2.45) is 17.3 Å². The van der Waals surface area contributed by atoms with Gasteiger partial charge in [-0.1, -0.05) is 57.0 Å². The van der Waals surface area contributed by atoms with E-state index in [1.807, 2.05) is 6.07 Å². The van der Waals surface area contributed by atoms with E-state index < -0.39 is 0 Å². The zero-order valence-corrected chi connectivity index (χ0v) is 21.2. The van der Waals surface area contributed by atoms with Crippen LogP contribution in [0.15, 0.2) is 30.3 Å². The van der Waals surface area contributed by atoms with Gasteiger partial charge >= 0.3 is 0 Å². The van der Waals surface area contributed by atoms with Crippen molar-refractivity contribution in [3.05, 3.63) is 35.9 Å². The SMILES string of the molecule is CC(C)CN1CCC2(CCN(CC[C@H](NC(=O)C3CCCC3)c3ccccc3)CC2)C1=O.Cl. The Hall–Kier alpha value is -1.59. The monoisotopic (exact) mass is 475 g/mol. The molecule has 1 N–H and O–H groups in total. The van der Waals surface area contributed by atoms with Crippen LogP contribution in [0.25, 0.3) is 0 Å². The lowest BCUT2D eigenvalue weighted by molar-refractivity contribution is -0.138. The summed E-state index contributed by atoms with van der Waals surface area (Å²) in [6.07, 6.45) is 8.32. The number of hydrogen-bond donors (Lipinski definition) is 1. The lowest BCUT2D eigenvalue weighted by atomic mass is 9.77. The molecule has 5 nitrogen and oxygen atoms in total. The zero-order valence-electron chi connectivity index (χ0n) is 20.4. The van der Waals surface area contributed by atoms with Gasteiger partial charge in [0.25, 0.3) is 0 Å². The molecule has 3 fully saturated rings. The molecule has 4 rings (SSSR count). The van der Waals surface area contributed by atoms with Crippen LogP contribution >= 0.6 is 12.4 Å². The zero-order chi connectivity index (χ0) is 22.6. The quantitative estimate of drug-likeness (QED) is 0.586. The normalized spacial score (nSPS) is 22.0. The molecule has 1 spiro atoms. The van der Waals surface area contributed by atoms with Crippen LogP contribution in [0.3, 0.4) is 0 Å². The Morgan fingerprint density at radius 2 is 1.70 bits per heavy atom. The van der Waals surface area contributed by atoms with Gasteiger partial charge in [0.2, 0.25) is 11.8 Å². The minimum atomic E-state index is -0.110. The number of carbonyl (C=O) groups excluding carboxylic acids is 2. The predicted molar refractivity (Wildman–Crippen MR) is 135 cm³/mol. The van der Waals surface area contributed by atoms with Gasteiger partial charge in [0.1, 0.15) is 0 Å². The van der Waals surface area contributed by atoms with Crippen LogP contribution in [-0.2, 0) is 9.59 Å². The molecule has 1 aliphatic carbocycles. The summed E-state index contributed by atoms with van der Waals surface area (Å²) in [5.41, 5.74) is 1.09. The third kappa shape index (κ3) is 6.30. The summed E-state index contributed by atoms with van der Waals surface area (Å²) in [4.78, 5) is 30.5. The molecule has 2 amide bonds. The number of likely N-dealkylation sites (tertiary alicyclic amines) is 2. The highest BCUT2D eigenvalue weighted by molar-refractivity contribution is 5.85. The number of benzene rings is 1. The predicted octanol–water partition coefficient (Wildman–Crippen LogP) is 4.82. The Bertz CT molecular complexity index is 771. The van der Waals surface area contributed by atoms with Gasteiger partial charge in [-0.25, -0.2) is 0 Å². The van der Waals surface area contributed by atoms with Crippen LogP contribution in [0, 0.1) is 17.3 Å². The van der Waals surface area contributed by atoms with E-state index in [0.29, 0.717) is 11.8 Å². The number of hydrogen-bond acceptors (Lipinski definition) is 3. The highest BCUT2D eigenvalue weighted by atomic mass is 35.5.